The SMILES string of the molecule is C=CCNC(=O)CNC(=O)Nc1ccccc1. The maximum Gasteiger partial charge on any atom is 0.319 e. The highest BCUT2D eigenvalue weighted by atomic mass is 16.2. The first-order valence-electron chi connectivity index (χ1n) is 5.20. The van der Waals surface area contributed by atoms with Crippen LogP contribution in [0.1, 0.15) is 0 Å². The Kier molecular flexibility index (Phi) is 5.30. The van der Waals surface area contributed by atoms with Crippen molar-refractivity contribution in [1.82, 2.24) is 10.6 Å². The number of carbonyl (C=O) groups is 2. The van der Waals surface area contributed by atoms with E-state index in [2.05, 4.69) is 22.5 Å². The van der Waals surface area contributed by atoms with E-state index in [1.807, 2.05) is 18.2 Å². The quantitative estimate of drug-likeness (QED) is 0.667. The molecule has 0 aliphatic rings. The summed E-state index contributed by atoms with van der Waals surface area (Å²) in [4.78, 5) is 22.5. The molecule has 3 amide bonds. The van der Waals surface area contributed by atoms with E-state index in [0.29, 0.717) is 12.2 Å². The molecule has 3 N–H and O–H groups in total. The van der Waals surface area contributed by atoms with Crippen LogP contribution >= 0.6 is 0 Å². The van der Waals surface area contributed by atoms with Gasteiger partial charge in [0.1, 0.15) is 0 Å². The number of para-hydroxylation sites is 1. The molecule has 0 fully saturated rings. The fourth-order valence-corrected chi connectivity index (χ4v) is 1.11. The Morgan fingerprint density at radius 3 is 2.53 bits per heavy atom. The Morgan fingerprint density at radius 2 is 1.88 bits per heavy atom. The molecule has 0 unspecified atom stereocenters. The molecule has 0 saturated heterocycles. The number of nitrogens with one attached hydrogen (secondary N) is 3. The molecule has 5 heteroatoms. The van der Waals surface area contributed by atoms with Crippen LogP contribution in [0.15, 0.2) is 43.0 Å². The van der Waals surface area contributed by atoms with Gasteiger partial charge in [-0.25, -0.2) is 4.79 Å². The van der Waals surface area contributed by atoms with Crippen LogP contribution in [0.4, 0.5) is 10.5 Å². The number of benzene rings is 1. The summed E-state index contributed by atoms with van der Waals surface area (Å²) >= 11 is 0. The van der Waals surface area contributed by atoms with Gasteiger partial charge in [-0.15, -0.1) is 6.58 Å². The first kappa shape index (κ1) is 12.8. The zero-order valence-corrected chi connectivity index (χ0v) is 9.40. The predicted octanol–water partition coefficient (Wildman–Crippen LogP) is 1.11. The van der Waals surface area contributed by atoms with Crippen LogP contribution in [0, 0.1) is 0 Å². The molecule has 0 saturated carbocycles. The lowest BCUT2D eigenvalue weighted by Gasteiger charge is -2.07. The lowest BCUT2D eigenvalue weighted by Crippen LogP contribution is -2.38. The van der Waals surface area contributed by atoms with E-state index in [1.54, 1.807) is 18.2 Å². The van der Waals surface area contributed by atoms with Gasteiger partial charge in [0.05, 0.1) is 6.54 Å². The van der Waals surface area contributed by atoms with Crippen molar-refractivity contribution in [2.24, 2.45) is 0 Å². The number of hydrogen-bond donors (Lipinski definition) is 3. The molecule has 0 aliphatic carbocycles. The van der Waals surface area contributed by atoms with Crippen molar-refractivity contribution < 1.29 is 9.59 Å². The Morgan fingerprint density at radius 1 is 1.18 bits per heavy atom. The van der Waals surface area contributed by atoms with Crippen molar-refractivity contribution in [2.45, 2.75) is 0 Å². The van der Waals surface area contributed by atoms with Crippen LogP contribution in [0.3, 0.4) is 0 Å². The van der Waals surface area contributed by atoms with Crippen LogP contribution in [0.5, 0.6) is 0 Å². The van der Waals surface area contributed by atoms with E-state index < -0.39 is 6.03 Å². The monoisotopic (exact) mass is 233 g/mol. The third-order valence-electron chi connectivity index (χ3n) is 1.88. The minimum atomic E-state index is -0.412. The molecule has 17 heavy (non-hydrogen) atoms. The third-order valence-corrected chi connectivity index (χ3v) is 1.88. The second-order valence-electron chi connectivity index (χ2n) is 3.27. The molecule has 0 atom stereocenters. The summed E-state index contributed by atoms with van der Waals surface area (Å²) in [5.74, 6) is -0.256. The smallest absolute Gasteiger partial charge is 0.319 e. The Labute approximate surface area is 99.9 Å². The molecule has 0 radical (unpaired) electrons. The number of hydrogen-bond acceptors (Lipinski definition) is 2. The summed E-state index contributed by atoms with van der Waals surface area (Å²) in [5, 5.41) is 7.60. The highest BCUT2D eigenvalue weighted by molar-refractivity contribution is 5.92. The third kappa shape index (κ3) is 5.36. The van der Waals surface area contributed by atoms with Gasteiger partial charge in [0.25, 0.3) is 0 Å². The maximum absolute atomic E-state index is 11.4. The van der Waals surface area contributed by atoms with Gasteiger partial charge in [0.15, 0.2) is 0 Å². The van der Waals surface area contributed by atoms with Gasteiger partial charge in [-0.1, -0.05) is 24.3 Å². The molecule has 0 spiro atoms. The normalized spacial score (nSPS) is 9.18. The highest BCUT2D eigenvalue weighted by Gasteiger charge is 2.03. The van der Waals surface area contributed by atoms with Crippen molar-refractivity contribution in [3.05, 3.63) is 43.0 Å². The topological polar surface area (TPSA) is 70.2 Å². The van der Waals surface area contributed by atoms with Gasteiger partial charge in [-0.3, -0.25) is 4.79 Å². The van der Waals surface area contributed by atoms with E-state index in [-0.39, 0.29) is 12.5 Å². The van der Waals surface area contributed by atoms with Gasteiger partial charge in [-0.05, 0) is 12.1 Å². The molecule has 1 aromatic rings. The molecule has 0 aromatic heterocycles. The second kappa shape index (κ2) is 7.05. The number of carbonyl (C=O) groups excluding carboxylic acids is 2. The van der Waals surface area contributed by atoms with Crippen LogP contribution in [0.25, 0.3) is 0 Å². The molecule has 1 aromatic carbocycles. The molecular formula is C12H15N3O2. The fourth-order valence-electron chi connectivity index (χ4n) is 1.11. The van der Waals surface area contributed by atoms with Crippen molar-refractivity contribution >= 4 is 17.6 Å². The zero-order chi connectivity index (χ0) is 12.5. The van der Waals surface area contributed by atoms with Crippen LogP contribution in [-0.4, -0.2) is 25.0 Å². The molecule has 1 rings (SSSR count). The lowest BCUT2D eigenvalue weighted by atomic mass is 10.3. The van der Waals surface area contributed by atoms with E-state index in [0.717, 1.165) is 0 Å². The minimum absolute atomic E-state index is 0.0630. The van der Waals surface area contributed by atoms with Crippen LogP contribution in [-0.2, 0) is 4.79 Å². The van der Waals surface area contributed by atoms with Gasteiger partial charge >= 0.3 is 6.03 Å². The predicted molar refractivity (Wildman–Crippen MR) is 66.7 cm³/mol. The Balaban J connectivity index is 2.26. The van der Waals surface area contributed by atoms with Gasteiger partial charge < -0.3 is 16.0 Å². The lowest BCUT2D eigenvalue weighted by molar-refractivity contribution is -0.119. The average Bonchev–Trinajstić information content (AvgIpc) is 2.35. The van der Waals surface area contributed by atoms with Gasteiger partial charge in [0.2, 0.25) is 5.91 Å². The zero-order valence-electron chi connectivity index (χ0n) is 9.40. The second-order valence-corrected chi connectivity index (χ2v) is 3.27. The highest BCUT2D eigenvalue weighted by Crippen LogP contribution is 2.03. The maximum atomic E-state index is 11.4. The van der Waals surface area contributed by atoms with Gasteiger partial charge in [0, 0.05) is 12.2 Å². The van der Waals surface area contributed by atoms with Crippen molar-refractivity contribution in [3.8, 4) is 0 Å². The first-order chi connectivity index (χ1) is 8.22. The number of urea groups is 1. The summed E-state index contributed by atoms with van der Waals surface area (Å²) in [6.07, 6.45) is 1.57. The summed E-state index contributed by atoms with van der Waals surface area (Å²) in [6, 6.07) is 8.59. The van der Waals surface area contributed by atoms with Crippen molar-refractivity contribution in [3.63, 3.8) is 0 Å². The van der Waals surface area contributed by atoms with Gasteiger partial charge in [-0.2, -0.15) is 0 Å². The molecular weight excluding hydrogens is 218 g/mol. The molecule has 90 valence electrons. The van der Waals surface area contributed by atoms with Crippen molar-refractivity contribution in [2.75, 3.05) is 18.4 Å². The fraction of sp³-hybridized carbons (Fsp3) is 0.167. The first-order valence-corrected chi connectivity index (χ1v) is 5.20. The minimum Gasteiger partial charge on any atom is -0.351 e. The summed E-state index contributed by atoms with van der Waals surface area (Å²) in [5.41, 5.74) is 0.677. The standard InChI is InChI=1S/C12H15N3O2/c1-2-8-13-11(16)9-14-12(17)15-10-6-4-3-5-7-10/h2-7H,1,8-9H2,(H,13,16)(H2,14,15,17). The summed E-state index contributed by atoms with van der Waals surface area (Å²) in [6.45, 7) is 3.80. The Bertz CT molecular complexity index is 390. The number of anilines is 1. The van der Waals surface area contributed by atoms with E-state index in [4.69, 9.17) is 0 Å². The van der Waals surface area contributed by atoms with Crippen LogP contribution < -0.4 is 16.0 Å². The molecule has 5 nitrogen and oxygen atoms in total. The Hall–Kier alpha value is -2.30. The molecule has 0 bridgehead atoms. The average molecular weight is 233 g/mol. The molecule has 0 heterocycles. The number of amides is 3. The van der Waals surface area contributed by atoms with Crippen molar-refractivity contribution in [1.29, 1.82) is 0 Å². The van der Waals surface area contributed by atoms with E-state index >= 15 is 0 Å². The number of rotatable bonds is 5. The van der Waals surface area contributed by atoms with E-state index in [1.165, 1.54) is 0 Å². The largest absolute Gasteiger partial charge is 0.351 e. The molecule has 0 aliphatic heterocycles. The van der Waals surface area contributed by atoms with Crippen LogP contribution in [0.2, 0.25) is 0 Å². The summed E-state index contributed by atoms with van der Waals surface area (Å²) < 4.78 is 0. The summed E-state index contributed by atoms with van der Waals surface area (Å²) in [7, 11) is 0. The van der Waals surface area contributed by atoms with E-state index in [9.17, 15) is 9.59 Å².